The Balaban J connectivity index is 2.02. The van der Waals surface area contributed by atoms with Gasteiger partial charge in [-0.3, -0.25) is 0 Å². The van der Waals surface area contributed by atoms with Crippen molar-refractivity contribution in [1.82, 2.24) is 15.2 Å². The van der Waals surface area contributed by atoms with Crippen molar-refractivity contribution in [2.24, 2.45) is 0 Å². The van der Waals surface area contributed by atoms with Gasteiger partial charge in [-0.1, -0.05) is 30.3 Å². The molecule has 1 heterocycles. The molecule has 22 heavy (non-hydrogen) atoms. The van der Waals surface area contributed by atoms with E-state index in [1.807, 2.05) is 18.2 Å². The number of benzene rings is 2. The predicted molar refractivity (Wildman–Crippen MR) is 76.1 cm³/mol. The topological polar surface area (TPSA) is 73.9 Å². The van der Waals surface area contributed by atoms with E-state index in [9.17, 15) is 8.78 Å². The highest BCUT2D eigenvalue weighted by molar-refractivity contribution is 5.65. The minimum Gasteiger partial charge on any atom is -0.436 e. The van der Waals surface area contributed by atoms with Crippen LogP contribution < -0.4 is 10.5 Å². The van der Waals surface area contributed by atoms with Crippen LogP contribution in [0.3, 0.4) is 0 Å². The molecule has 0 radical (unpaired) electrons. The molecule has 0 unspecified atom stereocenters. The van der Waals surface area contributed by atoms with Crippen molar-refractivity contribution in [3.8, 4) is 22.9 Å². The summed E-state index contributed by atoms with van der Waals surface area (Å²) in [5, 5.41) is 7.45. The number of nitrogen functional groups attached to an aromatic ring is 1. The summed E-state index contributed by atoms with van der Waals surface area (Å²) in [7, 11) is 0. The number of rotatable bonds is 3. The lowest BCUT2D eigenvalue weighted by Crippen LogP contribution is -2.02. The number of hydrogen-bond acceptors (Lipinski definition) is 5. The molecule has 3 rings (SSSR count). The Morgan fingerprint density at radius 3 is 2.41 bits per heavy atom. The fourth-order valence-electron chi connectivity index (χ4n) is 1.83. The van der Waals surface area contributed by atoms with Crippen molar-refractivity contribution in [2.45, 2.75) is 0 Å². The zero-order chi connectivity index (χ0) is 15.5. The summed E-state index contributed by atoms with van der Waals surface area (Å²) >= 11 is 0. The van der Waals surface area contributed by atoms with E-state index in [2.05, 4.69) is 15.2 Å². The monoisotopic (exact) mass is 300 g/mol. The van der Waals surface area contributed by atoms with E-state index in [1.54, 1.807) is 12.1 Å². The van der Waals surface area contributed by atoms with Gasteiger partial charge in [0.2, 0.25) is 5.95 Å². The average Bonchev–Trinajstić information content (AvgIpc) is 2.53. The van der Waals surface area contributed by atoms with Gasteiger partial charge in [0, 0.05) is 11.6 Å². The van der Waals surface area contributed by atoms with Crippen molar-refractivity contribution >= 4 is 5.95 Å². The van der Waals surface area contributed by atoms with Gasteiger partial charge in [-0.15, -0.1) is 10.2 Å². The molecule has 0 atom stereocenters. The molecule has 0 aliphatic heterocycles. The minimum atomic E-state index is -1.02. The molecule has 2 aromatic carbocycles. The molecule has 1 aromatic heterocycles. The van der Waals surface area contributed by atoms with Gasteiger partial charge in [-0.25, -0.2) is 13.8 Å². The van der Waals surface area contributed by atoms with Crippen LogP contribution in [0.15, 0.2) is 48.5 Å². The van der Waals surface area contributed by atoms with Gasteiger partial charge in [-0.2, -0.15) is 0 Å². The van der Waals surface area contributed by atoms with Crippen LogP contribution in [0.2, 0.25) is 0 Å². The van der Waals surface area contributed by atoms with Crippen LogP contribution in [-0.2, 0) is 0 Å². The Labute approximate surface area is 124 Å². The fourth-order valence-corrected chi connectivity index (χ4v) is 1.83. The van der Waals surface area contributed by atoms with Crippen molar-refractivity contribution in [3.05, 3.63) is 60.2 Å². The molecule has 0 saturated heterocycles. The molecule has 0 spiro atoms. The summed E-state index contributed by atoms with van der Waals surface area (Å²) in [6, 6.07) is 12.2. The molecular weight excluding hydrogens is 290 g/mol. The highest BCUT2D eigenvalue weighted by Gasteiger charge is 2.13. The SMILES string of the molecule is Nc1nnc(Oc2ccc(F)c(F)c2)c(-c2ccccc2)n1. The third-order valence-electron chi connectivity index (χ3n) is 2.83. The van der Waals surface area contributed by atoms with Gasteiger partial charge in [-0.05, 0) is 12.1 Å². The van der Waals surface area contributed by atoms with Crippen LogP contribution in [0.1, 0.15) is 0 Å². The van der Waals surface area contributed by atoms with Crippen LogP contribution in [0.5, 0.6) is 11.6 Å². The van der Waals surface area contributed by atoms with E-state index < -0.39 is 11.6 Å². The van der Waals surface area contributed by atoms with Crippen molar-refractivity contribution < 1.29 is 13.5 Å². The maximum absolute atomic E-state index is 13.2. The van der Waals surface area contributed by atoms with Crippen molar-refractivity contribution in [2.75, 3.05) is 5.73 Å². The lowest BCUT2D eigenvalue weighted by Gasteiger charge is -2.09. The second kappa shape index (κ2) is 5.72. The zero-order valence-corrected chi connectivity index (χ0v) is 11.2. The first-order chi connectivity index (χ1) is 10.6. The van der Waals surface area contributed by atoms with Gasteiger partial charge in [0.25, 0.3) is 5.88 Å². The molecule has 110 valence electrons. The van der Waals surface area contributed by atoms with E-state index in [0.717, 1.165) is 12.1 Å². The molecule has 7 heteroatoms. The zero-order valence-electron chi connectivity index (χ0n) is 11.2. The first kappa shape index (κ1) is 13.9. The van der Waals surface area contributed by atoms with E-state index in [1.165, 1.54) is 6.07 Å². The summed E-state index contributed by atoms with van der Waals surface area (Å²) in [6.45, 7) is 0. The largest absolute Gasteiger partial charge is 0.436 e. The molecule has 2 N–H and O–H groups in total. The van der Waals surface area contributed by atoms with Crippen molar-refractivity contribution in [3.63, 3.8) is 0 Å². The Hall–Kier alpha value is -3.09. The number of anilines is 1. The molecule has 0 amide bonds. The second-order valence-corrected chi connectivity index (χ2v) is 4.37. The van der Waals surface area contributed by atoms with E-state index in [-0.39, 0.29) is 17.6 Å². The number of ether oxygens (including phenoxy) is 1. The van der Waals surface area contributed by atoms with E-state index in [0.29, 0.717) is 11.3 Å². The summed E-state index contributed by atoms with van der Waals surface area (Å²) in [6.07, 6.45) is 0. The number of halogens is 2. The molecule has 0 saturated carbocycles. The summed E-state index contributed by atoms with van der Waals surface area (Å²) in [5.41, 5.74) is 6.62. The van der Waals surface area contributed by atoms with Crippen LogP contribution >= 0.6 is 0 Å². The van der Waals surface area contributed by atoms with Gasteiger partial charge in [0.15, 0.2) is 11.6 Å². The average molecular weight is 300 g/mol. The lowest BCUT2D eigenvalue weighted by atomic mass is 10.1. The van der Waals surface area contributed by atoms with E-state index >= 15 is 0 Å². The standard InChI is InChI=1S/C15H10F2N4O/c16-11-7-6-10(8-12(11)17)22-14-13(19-15(18)21-20-14)9-4-2-1-3-5-9/h1-8H,(H2,18,19,21). The van der Waals surface area contributed by atoms with Gasteiger partial charge in [0.1, 0.15) is 11.4 Å². The fraction of sp³-hybridized carbons (Fsp3) is 0. The highest BCUT2D eigenvalue weighted by atomic mass is 19.2. The van der Waals surface area contributed by atoms with Crippen LogP contribution in [0, 0.1) is 11.6 Å². The molecule has 0 aliphatic carbocycles. The lowest BCUT2D eigenvalue weighted by molar-refractivity contribution is 0.441. The van der Waals surface area contributed by atoms with Crippen LogP contribution in [-0.4, -0.2) is 15.2 Å². The maximum atomic E-state index is 13.2. The number of hydrogen-bond donors (Lipinski definition) is 1. The Morgan fingerprint density at radius 2 is 1.68 bits per heavy atom. The quantitative estimate of drug-likeness (QED) is 0.804. The number of nitrogens with zero attached hydrogens (tertiary/aromatic N) is 3. The third-order valence-corrected chi connectivity index (χ3v) is 2.83. The summed E-state index contributed by atoms with van der Waals surface area (Å²) < 4.78 is 31.6. The minimum absolute atomic E-state index is 0.0171. The van der Waals surface area contributed by atoms with Crippen LogP contribution in [0.25, 0.3) is 11.3 Å². The first-order valence-corrected chi connectivity index (χ1v) is 6.32. The molecule has 0 fully saturated rings. The van der Waals surface area contributed by atoms with E-state index in [4.69, 9.17) is 10.5 Å². The molecule has 3 aromatic rings. The van der Waals surface area contributed by atoms with Crippen LogP contribution in [0.4, 0.5) is 14.7 Å². The first-order valence-electron chi connectivity index (χ1n) is 6.32. The maximum Gasteiger partial charge on any atom is 0.265 e. The Morgan fingerprint density at radius 1 is 0.909 bits per heavy atom. The molecule has 0 aliphatic rings. The third kappa shape index (κ3) is 2.83. The van der Waals surface area contributed by atoms with Crippen molar-refractivity contribution in [1.29, 1.82) is 0 Å². The van der Waals surface area contributed by atoms with Gasteiger partial charge < -0.3 is 10.5 Å². The highest BCUT2D eigenvalue weighted by Crippen LogP contribution is 2.30. The number of nitrogens with two attached hydrogens (primary N) is 1. The summed E-state index contributed by atoms with van der Waals surface area (Å²) in [5.74, 6) is -1.87. The molecule has 0 bridgehead atoms. The Kier molecular flexibility index (Phi) is 3.61. The van der Waals surface area contributed by atoms with Gasteiger partial charge >= 0.3 is 0 Å². The normalized spacial score (nSPS) is 10.5. The summed E-state index contributed by atoms with van der Waals surface area (Å²) in [4.78, 5) is 4.09. The predicted octanol–water partition coefficient (Wildman–Crippen LogP) is 3.19. The molecular formula is C15H10F2N4O. The smallest absolute Gasteiger partial charge is 0.265 e. The number of aromatic nitrogens is 3. The van der Waals surface area contributed by atoms with Gasteiger partial charge in [0.05, 0.1) is 0 Å². The Bertz CT molecular complexity index is 812. The second-order valence-electron chi connectivity index (χ2n) is 4.37. The molecule has 5 nitrogen and oxygen atoms in total.